The Hall–Kier alpha value is -7.03. The Bertz CT molecular complexity index is 3150. The molecule has 0 aliphatic carbocycles. The van der Waals surface area contributed by atoms with Crippen LogP contribution in [0.15, 0.2) is 192 Å². The van der Waals surface area contributed by atoms with E-state index in [0.29, 0.717) is 5.89 Å². The Morgan fingerprint density at radius 1 is 0.321 bits per heavy atom. The lowest BCUT2D eigenvalue weighted by Crippen LogP contribution is -1.91. The Labute approximate surface area is 306 Å². The molecule has 2 nitrogen and oxygen atoms in total. The first-order valence-corrected chi connectivity index (χ1v) is 18.1. The zero-order valence-corrected chi connectivity index (χ0v) is 28.8. The van der Waals surface area contributed by atoms with Gasteiger partial charge in [-0.1, -0.05) is 158 Å². The van der Waals surface area contributed by atoms with E-state index in [-0.39, 0.29) is 0 Å². The van der Waals surface area contributed by atoms with Crippen molar-refractivity contribution in [2.75, 3.05) is 0 Å². The third-order valence-corrected chi connectivity index (χ3v) is 10.9. The number of hydrogen-bond acceptors (Lipinski definition) is 2. The van der Waals surface area contributed by atoms with Crippen molar-refractivity contribution in [2.45, 2.75) is 0 Å². The summed E-state index contributed by atoms with van der Waals surface area (Å²) >= 11 is 0. The predicted octanol–water partition coefficient (Wildman–Crippen LogP) is 14.3. The largest absolute Gasteiger partial charge is 0.435 e. The first kappa shape index (κ1) is 29.7. The van der Waals surface area contributed by atoms with E-state index in [1.54, 1.807) is 0 Å². The first-order chi connectivity index (χ1) is 26.3. The zero-order valence-electron chi connectivity index (χ0n) is 28.8. The monoisotopic (exact) mass is 673 g/mol. The van der Waals surface area contributed by atoms with Gasteiger partial charge in [0.2, 0.25) is 5.89 Å². The van der Waals surface area contributed by atoms with Gasteiger partial charge in [-0.25, -0.2) is 4.98 Å². The lowest BCUT2D eigenvalue weighted by molar-refractivity contribution is 0.623. The third-order valence-electron chi connectivity index (χ3n) is 10.9. The van der Waals surface area contributed by atoms with Gasteiger partial charge >= 0.3 is 0 Å². The molecule has 11 aromatic rings. The van der Waals surface area contributed by atoms with Crippen LogP contribution in [0.4, 0.5) is 0 Å². The van der Waals surface area contributed by atoms with Gasteiger partial charge in [-0.3, -0.25) is 0 Å². The minimum absolute atomic E-state index is 0.638. The maximum atomic E-state index is 6.57. The highest BCUT2D eigenvalue weighted by molar-refractivity contribution is 6.23. The maximum Gasteiger partial charge on any atom is 0.227 e. The molecule has 0 radical (unpaired) electrons. The van der Waals surface area contributed by atoms with Gasteiger partial charge in [0.1, 0.15) is 5.52 Å². The van der Waals surface area contributed by atoms with Crippen molar-refractivity contribution in [3.05, 3.63) is 188 Å². The molecule has 246 valence electrons. The maximum absolute atomic E-state index is 6.57. The van der Waals surface area contributed by atoms with Gasteiger partial charge in [0.05, 0.1) is 0 Å². The van der Waals surface area contributed by atoms with Crippen LogP contribution in [0.2, 0.25) is 0 Å². The summed E-state index contributed by atoms with van der Waals surface area (Å²) in [5.41, 5.74) is 9.97. The number of rotatable bonds is 4. The summed E-state index contributed by atoms with van der Waals surface area (Å²) in [5, 5.41) is 12.0. The van der Waals surface area contributed by atoms with Gasteiger partial charge in [-0.15, -0.1) is 0 Å². The molecule has 1 aromatic heterocycles. The average Bonchev–Trinajstić information content (AvgIpc) is 3.68. The summed E-state index contributed by atoms with van der Waals surface area (Å²) in [4.78, 5) is 4.91. The van der Waals surface area contributed by atoms with E-state index in [1.165, 1.54) is 71.1 Å². The van der Waals surface area contributed by atoms with Crippen molar-refractivity contribution in [3.63, 3.8) is 0 Å². The highest BCUT2D eigenvalue weighted by Crippen LogP contribution is 2.45. The molecule has 0 atom stereocenters. The highest BCUT2D eigenvalue weighted by Gasteiger charge is 2.19. The Morgan fingerprint density at radius 3 is 1.58 bits per heavy atom. The normalized spacial score (nSPS) is 11.8. The van der Waals surface area contributed by atoms with Crippen LogP contribution in [0.3, 0.4) is 0 Å². The van der Waals surface area contributed by atoms with Gasteiger partial charge < -0.3 is 4.42 Å². The molecule has 53 heavy (non-hydrogen) atoms. The van der Waals surface area contributed by atoms with Crippen molar-refractivity contribution >= 4 is 65.0 Å². The SMILES string of the molecule is c1ccc(-c2nc3ccc4ccc5ccc(-c6c7ccccc7c(-c7ccc(-c8ccc9ccccc9c8)cc7)c7ccccc67)cc5c4c3o2)cc1. The second kappa shape index (κ2) is 11.8. The number of oxazole rings is 1. The Balaban J connectivity index is 1.11. The smallest absolute Gasteiger partial charge is 0.227 e. The molecule has 0 N–H and O–H groups in total. The van der Waals surface area contributed by atoms with Crippen molar-refractivity contribution in [3.8, 4) is 44.8 Å². The molecule has 10 aromatic carbocycles. The summed E-state index contributed by atoms with van der Waals surface area (Å²) in [6.07, 6.45) is 0. The van der Waals surface area contributed by atoms with Crippen molar-refractivity contribution in [2.24, 2.45) is 0 Å². The second-order valence-corrected chi connectivity index (χ2v) is 13.9. The van der Waals surface area contributed by atoms with Crippen LogP contribution < -0.4 is 0 Å². The fourth-order valence-electron chi connectivity index (χ4n) is 8.33. The second-order valence-electron chi connectivity index (χ2n) is 13.9. The van der Waals surface area contributed by atoms with Crippen LogP contribution in [0.5, 0.6) is 0 Å². The minimum atomic E-state index is 0.638. The molecule has 0 aliphatic heterocycles. The van der Waals surface area contributed by atoms with E-state index in [4.69, 9.17) is 9.40 Å². The van der Waals surface area contributed by atoms with Crippen LogP contribution in [0, 0.1) is 0 Å². The summed E-state index contributed by atoms with van der Waals surface area (Å²) in [6.45, 7) is 0. The van der Waals surface area contributed by atoms with E-state index < -0.39 is 0 Å². The van der Waals surface area contributed by atoms with Crippen LogP contribution in [-0.4, -0.2) is 4.98 Å². The van der Waals surface area contributed by atoms with Crippen LogP contribution in [-0.2, 0) is 0 Å². The number of fused-ring (bicyclic) bond motifs is 8. The van der Waals surface area contributed by atoms with Gasteiger partial charge in [0.25, 0.3) is 0 Å². The van der Waals surface area contributed by atoms with E-state index >= 15 is 0 Å². The lowest BCUT2D eigenvalue weighted by atomic mass is 9.85. The minimum Gasteiger partial charge on any atom is -0.435 e. The van der Waals surface area contributed by atoms with Gasteiger partial charge in [-0.05, 0) is 112 Å². The fraction of sp³-hybridized carbons (Fsp3) is 0. The molecule has 11 rings (SSSR count). The van der Waals surface area contributed by atoms with E-state index in [9.17, 15) is 0 Å². The topological polar surface area (TPSA) is 26.0 Å². The van der Waals surface area contributed by atoms with Gasteiger partial charge in [0, 0.05) is 10.9 Å². The molecule has 0 saturated carbocycles. The summed E-state index contributed by atoms with van der Waals surface area (Å²) in [7, 11) is 0. The predicted molar refractivity (Wildman–Crippen MR) is 223 cm³/mol. The lowest BCUT2D eigenvalue weighted by Gasteiger charge is -2.18. The first-order valence-electron chi connectivity index (χ1n) is 18.1. The highest BCUT2D eigenvalue weighted by atomic mass is 16.3. The number of benzene rings is 10. The average molecular weight is 674 g/mol. The molecule has 1 heterocycles. The summed E-state index contributed by atoms with van der Waals surface area (Å²) in [6, 6.07) is 67.7. The Morgan fingerprint density at radius 2 is 0.849 bits per heavy atom. The fourth-order valence-corrected chi connectivity index (χ4v) is 8.33. The van der Waals surface area contributed by atoms with E-state index in [2.05, 4.69) is 158 Å². The van der Waals surface area contributed by atoms with Crippen LogP contribution in [0.1, 0.15) is 0 Å². The molecule has 0 spiro atoms. The third kappa shape index (κ3) is 4.77. The van der Waals surface area contributed by atoms with Gasteiger partial charge in [-0.2, -0.15) is 0 Å². The molecule has 0 amide bonds. The molecule has 0 unspecified atom stereocenters. The molecular weight excluding hydrogens is 643 g/mol. The van der Waals surface area contributed by atoms with Crippen molar-refractivity contribution in [1.29, 1.82) is 0 Å². The van der Waals surface area contributed by atoms with E-state index in [0.717, 1.165) is 32.8 Å². The number of aromatic nitrogens is 1. The molecular formula is C51H31NO. The quantitative estimate of drug-likeness (QED) is 0.137. The van der Waals surface area contributed by atoms with Crippen molar-refractivity contribution < 1.29 is 4.42 Å². The zero-order chi connectivity index (χ0) is 34.9. The number of hydrogen-bond donors (Lipinski definition) is 0. The van der Waals surface area contributed by atoms with Gasteiger partial charge in [0.15, 0.2) is 5.58 Å². The summed E-state index contributed by atoms with van der Waals surface area (Å²) < 4.78 is 6.57. The van der Waals surface area contributed by atoms with Crippen molar-refractivity contribution in [1.82, 2.24) is 4.98 Å². The molecule has 2 heteroatoms. The molecule has 0 aliphatic rings. The summed E-state index contributed by atoms with van der Waals surface area (Å²) in [5.74, 6) is 0.638. The number of nitrogens with zero attached hydrogens (tertiary/aromatic N) is 1. The van der Waals surface area contributed by atoms with E-state index in [1.807, 2.05) is 30.3 Å². The molecule has 0 saturated heterocycles. The van der Waals surface area contributed by atoms with Crippen LogP contribution >= 0.6 is 0 Å². The van der Waals surface area contributed by atoms with Crippen LogP contribution in [0.25, 0.3) is 110 Å². The Kier molecular flexibility index (Phi) is 6.59. The molecule has 0 bridgehead atoms. The standard InChI is InChI=1S/C51H31NO/c1-2-11-37(12-3-1)51-52-46-29-28-36-25-21-34-22-27-40(31-45(34)49(36)50(46)53-51)48-43-16-8-6-14-41(43)47(42-15-7-9-17-44(42)48)35-23-18-33(19-24-35)39-26-20-32-10-4-5-13-38(32)30-39/h1-31H. The molecule has 0 fully saturated rings.